The number of amides is 3. The molecule has 0 aromatic carbocycles. The van der Waals surface area contributed by atoms with Crippen LogP contribution in [0.1, 0.15) is 85.0 Å². The lowest BCUT2D eigenvalue weighted by Crippen LogP contribution is -2.56. The number of hydrogen-bond acceptors (Lipinski definition) is 7. The average molecular weight is 611 g/mol. The number of nitrogens with zero attached hydrogens (tertiary/aromatic N) is 2. The van der Waals surface area contributed by atoms with Crippen LogP contribution in [0.2, 0.25) is 0 Å². The van der Waals surface area contributed by atoms with Crippen molar-refractivity contribution in [1.29, 1.82) is 0 Å². The van der Waals surface area contributed by atoms with Gasteiger partial charge >= 0.3 is 12.1 Å². The summed E-state index contributed by atoms with van der Waals surface area (Å²) < 4.78 is 32.4. The number of hydrogen-bond donors (Lipinski definition) is 3. The van der Waals surface area contributed by atoms with Crippen LogP contribution >= 0.6 is 0 Å². The molecule has 13 heteroatoms. The molecule has 3 amide bonds. The molecular weight excluding hydrogens is 564 g/mol. The maximum absolute atomic E-state index is 13.8. The molecule has 5 atom stereocenters. The predicted molar refractivity (Wildman–Crippen MR) is 155 cm³/mol. The van der Waals surface area contributed by atoms with Crippen molar-refractivity contribution in [2.24, 2.45) is 11.3 Å². The van der Waals surface area contributed by atoms with E-state index >= 15 is 0 Å². The molecule has 0 radical (unpaired) electrons. The Morgan fingerprint density at radius 3 is 2.57 bits per heavy atom. The van der Waals surface area contributed by atoms with E-state index in [0.717, 1.165) is 25.7 Å². The van der Waals surface area contributed by atoms with Crippen LogP contribution in [0.15, 0.2) is 12.2 Å². The molecular formula is C29H46N4O8S. The Morgan fingerprint density at radius 1 is 1.12 bits per heavy atom. The topological polar surface area (TPSA) is 162 Å². The summed E-state index contributed by atoms with van der Waals surface area (Å²) in [6, 6.07) is -1.76. The van der Waals surface area contributed by atoms with Gasteiger partial charge < -0.3 is 25.4 Å². The van der Waals surface area contributed by atoms with Gasteiger partial charge in [0.25, 0.3) is 0 Å². The van der Waals surface area contributed by atoms with Gasteiger partial charge in [0.05, 0.1) is 12.3 Å². The highest BCUT2D eigenvalue weighted by Crippen LogP contribution is 2.45. The highest BCUT2D eigenvalue weighted by molar-refractivity contribution is 7.89. The minimum atomic E-state index is -3.43. The molecule has 3 aliphatic heterocycles. The van der Waals surface area contributed by atoms with E-state index in [9.17, 15) is 32.7 Å². The number of sulfonamides is 1. The van der Waals surface area contributed by atoms with Gasteiger partial charge in [-0.25, -0.2) is 18.0 Å². The van der Waals surface area contributed by atoms with E-state index in [1.54, 1.807) is 0 Å². The molecule has 0 aromatic rings. The van der Waals surface area contributed by atoms with Crippen LogP contribution in [0.25, 0.3) is 0 Å². The lowest BCUT2D eigenvalue weighted by atomic mass is 9.89. The van der Waals surface area contributed by atoms with Crippen LogP contribution in [0.4, 0.5) is 4.79 Å². The number of allylic oxidation sites excluding steroid dienone is 1. The Hall–Kier alpha value is -2.67. The SMILES string of the molecule is CC(C)(C)C(CN1CCCCS1(=O)=O)OC(=O)N[C@H]1CCCCC/C=C\C2C[C@@]2(C(=O)O)NC(=O)[C@@H]2CCCN2C1=O. The number of carboxylic acid groups (broad SMARTS) is 1. The molecule has 4 aliphatic rings. The number of carbonyl (C=O) groups excluding carboxylic acids is 3. The van der Waals surface area contributed by atoms with Crippen LogP contribution in [0.3, 0.4) is 0 Å². The summed E-state index contributed by atoms with van der Waals surface area (Å²) in [6.45, 7) is 6.34. The van der Waals surface area contributed by atoms with Gasteiger partial charge in [-0.3, -0.25) is 9.59 Å². The van der Waals surface area contributed by atoms with Gasteiger partial charge in [0.1, 0.15) is 23.7 Å². The van der Waals surface area contributed by atoms with Crippen molar-refractivity contribution >= 4 is 33.9 Å². The molecule has 0 aromatic heterocycles. The highest BCUT2D eigenvalue weighted by atomic mass is 32.2. The molecule has 1 saturated carbocycles. The monoisotopic (exact) mass is 610 g/mol. The first-order chi connectivity index (χ1) is 19.7. The predicted octanol–water partition coefficient (Wildman–Crippen LogP) is 2.39. The molecule has 3 heterocycles. The van der Waals surface area contributed by atoms with Crippen molar-refractivity contribution in [2.45, 2.75) is 109 Å². The lowest BCUT2D eigenvalue weighted by Gasteiger charge is -2.36. The second-order valence-electron chi connectivity index (χ2n) is 13.2. The first kappa shape index (κ1) is 32.2. The van der Waals surface area contributed by atoms with Crippen LogP contribution in [0, 0.1) is 11.3 Å². The van der Waals surface area contributed by atoms with Crippen LogP contribution in [-0.2, 0) is 29.1 Å². The third-order valence-corrected chi connectivity index (χ3v) is 10.9. The zero-order chi connectivity index (χ0) is 30.7. The van der Waals surface area contributed by atoms with E-state index < -0.39 is 63.0 Å². The first-order valence-corrected chi connectivity index (χ1v) is 16.8. The lowest BCUT2D eigenvalue weighted by molar-refractivity contribution is -0.145. The largest absolute Gasteiger partial charge is 0.479 e. The van der Waals surface area contributed by atoms with Gasteiger partial charge in [0, 0.05) is 24.4 Å². The molecule has 236 valence electrons. The number of aliphatic carboxylic acids is 1. The van der Waals surface area contributed by atoms with E-state index in [-0.39, 0.29) is 18.2 Å². The van der Waals surface area contributed by atoms with Gasteiger partial charge in [-0.05, 0) is 51.4 Å². The normalized spacial score (nSPS) is 32.3. The Kier molecular flexibility index (Phi) is 9.91. The van der Waals surface area contributed by atoms with E-state index in [1.807, 2.05) is 32.9 Å². The smallest absolute Gasteiger partial charge is 0.408 e. The fourth-order valence-corrected chi connectivity index (χ4v) is 7.70. The zero-order valence-electron chi connectivity index (χ0n) is 25.0. The minimum Gasteiger partial charge on any atom is -0.479 e. The van der Waals surface area contributed by atoms with Crippen molar-refractivity contribution in [2.75, 3.05) is 25.4 Å². The van der Waals surface area contributed by atoms with E-state index in [1.165, 1.54) is 9.21 Å². The van der Waals surface area contributed by atoms with Gasteiger partial charge in [0.15, 0.2) is 0 Å². The van der Waals surface area contributed by atoms with Crippen molar-refractivity contribution < 1.29 is 37.4 Å². The van der Waals surface area contributed by atoms with Crippen molar-refractivity contribution in [3.63, 3.8) is 0 Å². The van der Waals surface area contributed by atoms with Gasteiger partial charge in [-0.1, -0.05) is 45.8 Å². The van der Waals surface area contributed by atoms with E-state index in [4.69, 9.17) is 4.74 Å². The third kappa shape index (κ3) is 7.45. The standard InChI is InChI=1S/C29H46N4O8S/c1-28(2,3)23(19-32-15-9-10-17-42(32,39)40)41-27(38)30-21-13-8-6-4-5-7-12-20-18-29(20,26(36)37)31-24(34)22-14-11-16-33(22)25(21)35/h7,12,20-23H,4-6,8-11,13-19H2,1-3H3,(H,30,38)(H,31,34)(H,36,37)/b12-7-/t20?,21-,22-,23?,29+/m0/s1. The van der Waals surface area contributed by atoms with E-state index in [2.05, 4.69) is 10.6 Å². The molecule has 0 spiro atoms. The molecule has 3 fully saturated rings. The molecule has 2 unspecified atom stereocenters. The van der Waals surface area contributed by atoms with Crippen LogP contribution in [0.5, 0.6) is 0 Å². The maximum Gasteiger partial charge on any atom is 0.408 e. The van der Waals surface area contributed by atoms with Gasteiger partial charge in [-0.15, -0.1) is 0 Å². The summed E-state index contributed by atoms with van der Waals surface area (Å²) in [7, 11) is -3.43. The van der Waals surface area contributed by atoms with Gasteiger partial charge in [0.2, 0.25) is 21.8 Å². The Bertz CT molecular complexity index is 1180. The summed E-state index contributed by atoms with van der Waals surface area (Å²) in [5, 5.41) is 15.3. The number of carboxylic acids is 1. The van der Waals surface area contributed by atoms with E-state index in [0.29, 0.717) is 51.6 Å². The molecule has 42 heavy (non-hydrogen) atoms. The maximum atomic E-state index is 13.8. The molecule has 3 N–H and O–H groups in total. The van der Waals surface area contributed by atoms with Gasteiger partial charge in [-0.2, -0.15) is 4.31 Å². The second kappa shape index (κ2) is 12.9. The number of alkyl carbamates (subject to hydrolysis) is 1. The summed E-state index contributed by atoms with van der Waals surface area (Å²) >= 11 is 0. The number of fused-ring (bicyclic) bond motifs is 2. The molecule has 2 saturated heterocycles. The van der Waals surface area contributed by atoms with Crippen molar-refractivity contribution in [1.82, 2.24) is 19.8 Å². The van der Waals surface area contributed by atoms with Crippen LogP contribution in [-0.4, -0.2) is 95.7 Å². The fourth-order valence-electron chi connectivity index (χ4n) is 6.10. The molecule has 4 rings (SSSR count). The second-order valence-corrected chi connectivity index (χ2v) is 15.3. The Morgan fingerprint density at radius 2 is 1.88 bits per heavy atom. The number of nitrogens with one attached hydrogen (secondary N) is 2. The Labute approximate surface area is 248 Å². The van der Waals surface area contributed by atoms with Crippen molar-refractivity contribution in [3.8, 4) is 0 Å². The molecule has 0 bridgehead atoms. The van der Waals surface area contributed by atoms with Crippen LogP contribution < -0.4 is 10.6 Å². The number of ether oxygens (including phenoxy) is 1. The average Bonchev–Trinajstić information content (AvgIpc) is 3.37. The minimum absolute atomic E-state index is 0.0338. The summed E-state index contributed by atoms with van der Waals surface area (Å²) in [6.07, 6.45) is 8.31. The number of carbonyl (C=O) groups is 4. The first-order valence-electron chi connectivity index (χ1n) is 15.2. The zero-order valence-corrected chi connectivity index (χ0v) is 25.8. The molecule has 12 nitrogen and oxygen atoms in total. The summed E-state index contributed by atoms with van der Waals surface area (Å²) in [4.78, 5) is 53.9. The quantitative estimate of drug-likeness (QED) is 0.400. The number of rotatable bonds is 5. The van der Waals surface area contributed by atoms with Crippen molar-refractivity contribution in [3.05, 3.63) is 12.2 Å². The Balaban J connectivity index is 1.49. The summed E-state index contributed by atoms with van der Waals surface area (Å²) in [5.41, 5.74) is -1.92. The fraction of sp³-hybridized carbons (Fsp3) is 0.793. The summed E-state index contributed by atoms with van der Waals surface area (Å²) in [5.74, 6) is -2.19. The highest BCUT2D eigenvalue weighted by Gasteiger charge is 2.61. The third-order valence-electron chi connectivity index (χ3n) is 8.94. The molecule has 1 aliphatic carbocycles.